The molecule has 3 atom stereocenters. The van der Waals surface area contributed by atoms with Crippen LogP contribution < -0.4 is 15.8 Å². The van der Waals surface area contributed by atoms with Crippen LogP contribution in [0.2, 0.25) is 0 Å². The molecule has 2 aromatic carbocycles. The molecule has 2 heterocycles. The average Bonchev–Trinajstić information content (AvgIpc) is 3.59. The first-order valence-electron chi connectivity index (χ1n) is 12.0. The van der Waals surface area contributed by atoms with Crippen molar-refractivity contribution in [1.29, 1.82) is 0 Å². The number of H-pyrrole nitrogens is 1. The Hall–Kier alpha value is -4.14. The fraction of sp³-hybridized carbons (Fsp3) is 0.333. The van der Waals surface area contributed by atoms with Gasteiger partial charge < -0.3 is 25.7 Å². The molecule has 1 fully saturated rings. The summed E-state index contributed by atoms with van der Waals surface area (Å²) in [6.07, 6.45) is 2.11. The van der Waals surface area contributed by atoms with Crippen molar-refractivity contribution in [2.24, 2.45) is 11.7 Å². The Morgan fingerprint density at radius 3 is 2.72 bits per heavy atom. The topological polar surface area (TPSA) is 135 Å². The number of hydrogen-bond acceptors (Lipinski definition) is 5. The van der Waals surface area contributed by atoms with Crippen LogP contribution in [0.3, 0.4) is 0 Å². The lowest BCUT2D eigenvalue weighted by Crippen LogP contribution is -2.49. The summed E-state index contributed by atoms with van der Waals surface area (Å²) in [5, 5.41) is 3.50. The van der Waals surface area contributed by atoms with Crippen LogP contribution in [0.1, 0.15) is 53.3 Å². The first-order chi connectivity index (χ1) is 17.4. The summed E-state index contributed by atoms with van der Waals surface area (Å²) in [7, 11) is 1.56. The highest BCUT2D eigenvalue weighted by Gasteiger charge is 2.41. The molecule has 1 aromatic heterocycles. The van der Waals surface area contributed by atoms with Gasteiger partial charge >= 0.3 is 0 Å². The quantitative estimate of drug-likeness (QED) is 0.470. The molecule has 2 aliphatic rings. The van der Waals surface area contributed by atoms with E-state index in [9.17, 15) is 19.2 Å². The highest BCUT2D eigenvalue weighted by atomic mass is 16.5. The van der Waals surface area contributed by atoms with Crippen LogP contribution in [0.5, 0.6) is 5.75 Å². The Kier molecular flexibility index (Phi) is 6.22. The Balaban J connectivity index is 1.44. The van der Waals surface area contributed by atoms with Gasteiger partial charge in [0.25, 0.3) is 5.91 Å². The maximum absolute atomic E-state index is 13.7. The minimum Gasteiger partial charge on any atom is -0.496 e. The Morgan fingerprint density at radius 2 is 2.00 bits per heavy atom. The molecule has 1 aliphatic carbocycles. The Bertz CT molecular complexity index is 1360. The van der Waals surface area contributed by atoms with Crippen molar-refractivity contribution >= 4 is 34.4 Å². The molecule has 0 radical (unpaired) electrons. The molecule has 3 aromatic rings. The Morgan fingerprint density at radius 1 is 1.19 bits per heavy atom. The number of nitrogens with zero attached hydrogens (tertiary/aromatic N) is 1. The lowest BCUT2D eigenvalue weighted by molar-refractivity contribution is -0.131. The fourth-order valence-electron chi connectivity index (χ4n) is 5.35. The molecule has 1 saturated carbocycles. The van der Waals surface area contributed by atoms with E-state index in [4.69, 9.17) is 10.5 Å². The molecule has 9 nitrogen and oxygen atoms in total. The van der Waals surface area contributed by atoms with Gasteiger partial charge in [-0.1, -0.05) is 30.3 Å². The van der Waals surface area contributed by atoms with Crippen LogP contribution in [-0.4, -0.2) is 46.5 Å². The van der Waals surface area contributed by atoms with Crippen LogP contribution in [0, 0.1) is 5.92 Å². The van der Waals surface area contributed by atoms with Gasteiger partial charge in [-0.25, -0.2) is 0 Å². The molecule has 9 heteroatoms. The van der Waals surface area contributed by atoms with Crippen molar-refractivity contribution in [3.05, 3.63) is 65.4 Å². The number of rotatable bonds is 7. The van der Waals surface area contributed by atoms with E-state index in [2.05, 4.69) is 10.3 Å². The first-order valence-corrected chi connectivity index (χ1v) is 12.0. The van der Waals surface area contributed by atoms with Crippen LogP contribution in [0.25, 0.3) is 10.9 Å². The number of methoxy groups -OCH3 is 1. The smallest absolute Gasteiger partial charge is 0.271 e. The zero-order chi connectivity index (χ0) is 25.4. The van der Waals surface area contributed by atoms with Gasteiger partial charge in [0.05, 0.1) is 7.11 Å². The normalized spacial score (nSPS) is 19.8. The van der Waals surface area contributed by atoms with E-state index < -0.39 is 23.9 Å². The van der Waals surface area contributed by atoms with Crippen molar-refractivity contribution in [2.75, 3.05) is 7.11 Å². The standard InChI is InChI=1S/C27H28N4O5/c1-36-23-11-5-9-19-18(23)13-21(29-19)27(35)31-14-16-6-2-3-8-17(16)24(31)26(34)30-20(25(28)33)12-15-7-4-10-22(15)32/h2-3,5-6,8-9,11,13,15,20,24,29H,4,7,10,12,14H2,1H3,(H2,28,33)(H,30,34)/t15-,20-,24?/m0/s1. The molecule has 0 bridgehead atoms. The van der Waals surface area contributed by atoms with Crippen LogP contribution in [0.4, 0.5) is 0 Å². The molecule has 0 saturated heterocycles. The summed E-state index contributed by atoms with van der Waals surface area (Å²) in [5.41, 5.74) is 8.20. The van der Waals surface area contributed by atoms with Crippen molar-refractivity contribution in [3.63, 3.8) is 0 Å². The second-order valence-electron chi connectivity index (χ2n) is 9.39. The minimum atomic E-state index is -0.994. The number of carbonyl (C=O) groups excluding carboxylic acids is 4. The third-order valence-corrected chi connectivity index (χ3v) is 7.20. The van der Waals surface area contributed by atoms with E-state index in [0.29, 0.717) is 29.8 Å². The van der Waals surface area contributed by atoms with E-state index in [1.807, 2.05) is 36.4 Å². The zero-order valence-electron chi connectivity index (χ0n) is 20.0. The maximum Gasteiger partial charge on any atom is 0.271 e. The number of aromatic amines is 1. The van der Waals surface area contributed by atoms with Gasteiger partial charge in [-0.05, 0) is 48.6 Å². The third-order valence-electron chi connectivity index (χ3n) is 7.20. The lowest BCUT2D eigenvalue weighted by Gasteiger charge is -2.26. The number of fused-ring (bicyclic) bond motifs is 2. The number of ketones is 1. The number of amides is 3. The molecule has 5 rings (SSSR count). The summed E-state index contributed by atoms with van der Waals surface area (Å²) in [4.78, 5) is 56.2. The number of nitrogens with two attached hydrogens (primary N) is 1. The van der Waals surface area contributed by atoms with Gasteiger partial charge in [-0.2, -0.15) is 0 Å². The van der Waals surface area contributed by atoms with Crippen LogP contribution in [0.15, 0.2) is 48.5 Å². The highest BCUT2D eigenvalue weighted by molar-refractivity contribution is 6.02. The molecule has 1 unspecified atom stereocenters. The fourth-order valence-corrected chi connectivity index (χ4v) is 5.35. The highest BCUT2D eigenvalue weighted by Crippen LogP contribution is 2.36. The second-order valence-corrected chi connectivity index (χ2v) is 9.39. The number of ether oxygens (including phenoxy) is 1. The lowest BCUT2D eigenvalue weighted by atomic mass is 9.96. The van der Waals surface area contributed by atoms with Crippen molar-refractivity contribution < 1.29 is 23.9 Å². The van der Waals surface area contributed by atoms with E-state index in [1.165, 1.54) is 4.90 Å². The molecule has 0 spiro atoms. The third kappa shape index (κ3) is 4.21. The van der Waals surface area contributed by atoms with Crippen molar-refractivity contribution in [3.8, 4) is 5.75 Å². The first kappa shape index (κ1) is 23.6. The van der Waals surface area contributed by atoms with E-state index >= 15 is 0 Å². The summed E-state index contributed by atoms with van der Waals surface area (Å²) < 4.78 is 5.41. The summed E-state index contributed by atoms with van der Waals surface area (Å²) in [5.74, 6) is -1.13. The predicted octanol–water partition coefficient (Wildman–Crippen LogP) is 2.60. The van der Waals surface area contributed by atoms with Crippen molar-refractivity contribution in [2.45, 2.75) is 44.3 Å². The molecule has 36 heavy (non-hydrogen) atoms. The number of hydrogen-bond donors (Lipinski definition) is 3. The van der Waals surface area contributed by atoms with Crippen LogP contribution in [-0.2, 0) is 20.9 Å². The Labute approximate surface area is 208 Å². The van der Waals surface area contributed by atoms with Gasteiger partial charge in [0.1, 0.15) is 29.3 Å². The molecule has 1 aliphatic heterocycles. The zero-order valence-corrected chi connectivity index (χ0v) is 20.0. The van der Waals surface area contributed by atoms with E-state index in [1.54, 1.807) is 19.2 Å². The molecule has 4 N–H and O–H groups in total. The van der Waals surface area contributed by atoms with Gasteiger partial charge in [-0.3, -0.25) is 19.2 Å². The van der Waals surface area contributed by atoms with Crippen LogP contribution >= 0.6 is 0 Å². The molecule has 3 amide bonds. The van der Waals surface area contributed by atoms with Crippen molar-refractivity contribution in [1.82, 2.24) is 15.2 Å². The number of carbonyl (C=O) groups is 4. The SMILES string of the molecule is COc1cccc2[nH]c(C(=O)N3Cc4ccccc4C3C(=O)N[C@@H](C[C@@H]3CCCC3=O)C(N)=O)cc12. The van der Waals surface area contributed by atoms with Gasteiger partial charge in [0.2, 0.25) is 11.8 Å². The van der Waals surface area contributed by atoms with Gasteiger partial charge in [0.15, 0.2) is 0 Å². The maximum atomic E-state index is 13.7. The second kappa shape index (κ2) is 9.49. The molecule has 186 valence electrons. The summed E-state index contributed by atoms with van der Waals surface area (Å²) in [6.45, 7) is 0.238. The number of nitrogens with one attached hydrogen (secondary N) is 2. The number of Topliss-reactive ketones (excluding diaryl/α,β-unsaturated/α-hetero) is 1. The van der Waals surface area contributed by atoms with Gasteiger partial charge in [-0.15, -0.1) is 0 Å². The number of primary amides is 1. The monoisotopic (exact) mass is 488 g/mol. The van der Waals surface area contributed by atoms with Gasteiger partial charge in [0, 0.05) is 29.8 Å². The predicted molar refractivity (Wildman–Crippen MR) is 132 cm³/mol. The van der Waals surface area contributed by atoms with E-state index in [-0.39, 0.29) is 30.6 Å². The largest absolute Gasteiger partial charge is 0.496 e. The molecular formula is C27H28N4O5. The summed E-state index contributed by atoms with van der Waals surface area (Å²) in [6, 6.07) is 12.6. The van der Waals surface area contributed by atoms with E-state index in [0.717, 1.165) is 22.9 Å². The summed E-state index contributed by atoms with van der Waals surface area (Å²) >= 11 is 0. The average molecular weight is 489 g/mol. The number of aromatic nitrogens is 1. The number of benzene rings is 2. The minimum absolute atomic E-state index is 0.0905. The molecular weight excluding hydrogens is 460 g/mol.